The number of hydrogen-bond donors (Lipinski definition) is 1. The molecule has 3 unspecified atom stereocenters. The van der Waals surface area contributed by atoms with E-state index in [1.54, 1.807) is 6.26 Å². The van der Waals surface area contributed by atoms with Crippen molar-refractivity contribution in [3.63, 3.8) is 0 Å². The number of ether oxygens (including phenoxy) is 1. The van der Waals surface area contributed by atoms with Crippen LogP contribution in [-0.2, 0) is 4.74 Å². The fourth-order valence-electron chi connectivity index (χ4n) is 2.27. The molecule has 3 heteroatoms. The first-order valence-electron chi connectivity index (χ1n) is 6.19. The zero-order valence-corrected chi connectivity index (χ0v) is 10.1. The van der Waals surface area contributed by atoms with Crippen LogP contribution in [0, 0.1) is 5.92 Å². The maximum Gasteiger partial charge on any atom is 0.120 e. The third kappa shape index (κ3) is 2.66. The summed E-state index contributed by atoms with van der Waals surface area (Å²) in [5.74, 6) is 1.68. The van der Waals surface area contributed by atoms with Gasteiger partial charge in [-0.25, -0.2) is 0 Å². The molecule has 90 valence electrons. The SMILES string of the molecule is CCC(NCC1CCOC1C)c1ccco1. The van der Waals surface area contributed by atoms with Gasteiger partial charge in [0.05, 0.1) is 18.4 Å². The van der Waals surface area contributed by atoms with Gasteiger partial charge < -0.3 is 14.5 Å². The highest BCUT2D eigenvalue weighted by Gasteiger charge is 2.25. The molecule has 0 aromatic carbocycles. The predicted octanol–water partition coefficient (Wildman–Crippen LogP) is 2.75. The summed E-state index contributed by atoms with van der Waals surface area (Å²) in [5.41, 5.74) is 0. The molecule has 1 fully saturated rings. The summed E-state index contributed by atoms with van der Waals surface area (Å²) in [7, 11) is 0. The second kappa shape index (κ2) is 5.51. The van der Waals surface area contributed by atoms with Crippen LogP contribution in [0.25, 0.3) is 0 Å². The molecule has 1 aromatic heterocycles. The maximum atomic E-state index is 5.56. The van der Waals surface area contributed by atoms with Gasteiger partial charge in [0.2, 0.25) is 0 Å². The molecule has 1 aromatic rings. The minimum Gasteiger partial charge on any atom is -0.468 e. The third-order valence-electron chi connectivity index (χ3n) is 3.45. The normalized spacial score (nSPS) is 27.1. The summed E-state index contributed by atoms with van der Waals surface area (Å²) in [6.07, 6.45) is 4.35. The molecule has 1 saturated heterocycles. The molecule has 2 rings (SSSR count). The van der Waals surface area contributed by atoms with Crippen molar-refractivity contribution < 1.29 is 9.15 Å². The summed E-state index contributed by atoms with van der Waals surface area (Å²) in [5, 5.41) is 3.57. The monoisotopic (exact) mass is 223 g/mol. The molecule has 0 saturated carbocycles. The standard InChI is InChI=1S/C13H21NO2/c1-3-12(13-5-4-7-16-13)14-9-11-6-8-15-10(11)2/h4-5,7,10-12,14H,3,6,8-9H2,1-2H3. The Morgan fingerprint density at radius 1 is 1.56 bits per heavy atom. The Bertz CT molecular complexity index is 297. The van der Waals surface area contributed by atoms with E-state index in [-0.39, 0.29) is 0 Å². The molecule has 2 heterocycles. The first-order chi connectivity index (χ1) is 7.81. The van der Waals surface area contributed by atoms with Crippen LogP contribution in [0.5, 0.6) is 0 Å². The van der Waals surface area contributed by atoms with E-state index in [0.29, 0.717) is 18.1 Å². The molecule has 1 aliphatic rings. The van der Waals surface area contributed by atoms with Crippen LogP contribution in [-0.4, -0.2) is 19.3 Å². The van der Waals surface area contributed by atoms with E-state index < -0.39 is 0 Å². The number of nitrogens with one attached hydrogen (secondary N) is 1. The topological polar surface area (TPSA) is 34.4 Å². The summed E-state index contributed by atoms with van der Waals surface area (Å²) in [6, 6.07) is 4.32. The van der Waals surface area contributed by atoms with Crippen LogP contribution < -0.4 is 5.32 Å². The van der Waals surface area contributed by atoms with Crippen LogP contribution >= 0.6 is 0 Å². The average Bonchev–Trinajstić information content (AvgIpc) is 2.92. The van der Waals surface area contributed by atoms with Gasteiger partial charge in [0, 0.05) is 13.2 Å². The van der Waals surface area contributed by atoms with Gasteiger partial charge in [-0.2, -0.15) is 0 Å². The zero-order chi connectivity index (χ0) is 11.4. The first-order valence-corrected chi connectivity index (χ1v) is 6.19. The summed E-state index contributed by atoms with van der Waals surface area (Å²) >= 11 is 0. The van der Waals surface area contributed by atoms with E-state index in [1.807, 2.05) is 12.1 Å². The van der Waals surface area contributed by atoms with Crippen molar-refractivity contribution in [1.29, 1.82) is 0 Å². The van der Waals surface area contributed by atoms with E-state index in [9.17, 15) is 0 Å². The quantitative estimate of drug-likeness (QED) is 0.833. The van der Waals surface area contributed by atoms with Gasteiger partial charge in [0.15, 0.2) is 0 Å². The van der Waals surface area contributed by atoms with Gasteiger partial charge in [-0.1, -0.05) is 6.92 Å². The van der Waals surface area contributed by atoms with Crippen molar-refractivity contribution in [2.75, 3.05) is 13.2 Å². The van der Waals surface area contributed by atoms with E-state index >= 15 is 0 Å². The molecule has 0 aliphatic carbocycles. The lowest BCUT2D eigenvalue weighted by Gasteiger charge is -2.19. The van der Waals surface area contributed by atoms with Crippen molar-refractivity contribution in [1.82, 2.24) is 5.32 Å². The molecular formula is C13H21NO2. The van der Waals surface area contributed by atoms with Crippen molar-refractivity contribution >= 4 is 0 Å². The fraction of sp³-hybridized carbons (Fsp3) is 0.692. The maximum absolute atomic E-state index is 5.56. The van der Waals surface area contributed by atoms with Gasteiger partial charge in [0.1, 0.15) is 5.76 Å². The number of rotatable bonds is 5. The third-order valence-corrected chi connectivity index (χ3v) is 3.45. The first kappa shape index (κ1) is 11.7. The van der Waals surface area contributed by atoms with Crippen LogP contribution in [0.15, 0.2) is 22.8 Å². The zero-order valence-electron chi connectivity index (χ0n) is 10.1. The van der Waals surface area contributed by atoms with Crippen LogP contribution in [0.4, 0.5) is 0 Å². The minimum absolute atomic E-state index is 0.336. The lowest BCUT2D eigenvalue weighted by Crippen LogP contribution is -2.30. The number of furan rings is 1. The summed E-state index contributed by atoms with van der Waals surface area (Å²) < 4.78 is 11.0. The van der Waals surface area contributed by atoms with Crippen molar-refractivity contribution in [3.8, 4) is 0 Å². The highest BCUT2D eigenvalue weighted by molar-refractivity contribution is 5.04. The van der Waals surface area contributed by atoms with E-state index in [0.717, 1.165) is 25.3 Å². The largest absolute Gasteiger partial charge is 0.468 e. The molecule has 3 nitrogen and oxygen atoms in total. The molecule has 3 atom stereocenters. The van der Waals surface area contributed by atoms with Gasteiger partial charge in [-0.15, -0.1) is 0 Å². The fourth-order valence-corrected chi connectivity index (χ4v) is 2.27. The Morgan fingerprint density at radius 2 is 2.44 bits per heavy atom. The summed E-state index contributed by atoms with van der Waals surface area (Å²) in [6.45, 7) is 6.26. The second-order valence-electron chi connectivity index (χ2n) is 4.51. The van der Waals surface area contributed by atoms with E-state index in [2.05, 4.69) is 19.2 Å². The van der Waals surface area contributed by atoms with Crippen LogP contribution in [0.1, 0.15) is 38.5 Å². The highest BCUT2D eigenvalue weighted by atomic mass is 16.5. The van der Waals surface area contributed by atoms with Crippen LogP contribution in [0.3, 0.4) is 0 Å². The van der Waals surface area contributed by atoms with Gasteiger partial charge in [-0.3, -0.25) is 0 Å². The molecule has 16 heavy (non-hydrogen) atoms. The molecule has 0 radical (unpaired) electrons. The van der Waals surface area contributed by atoms with Crippen molar-refractivity contribution in [2.45, 2.75) is 38.8 Å². The van der Waals surface area contributed by atoms with E-state index in [1.165, 1.54) is 6.42 Å². The second-order valence-corrected chi connectivity index (χ2v) is 4.51. The lowest BCUT2D eigenvalue weighted by molar-refractivity contribution is 0.104. The van der Waals surface area contributed by atoms with Crippen molar-refractivity contribution in [2.24, 2.45) is 5.92 Å². The van der Waals surface area contributed by atoms with Gasteiger partial charge >= 0.3 is 0 Å². The Labute approximate surface area is 97.2 Å². The summed E-state index contributed by atoms with van der Waals surface area (Å²) in [4.78, 5) is 0. The Balaban J connectivity index is 1.83. The molecule has 0 bridgehead atoms. The van der Waals surface area contributed by atoms with Gasteiger partial charge in [0.25, 0.3) is 0 Å². The minimum atomic E-state index is 0.336. The Morgan fingerprint density at radius 3 is 3.00 bits per heavy atom. The molecule has 1 aliphatic heterocycles. The molecule has 0 spiro atoms. The smallest absolute Gasteiger partial charge is 0.120 e. The molecule has 0 amide bonds. The Kier molecular flexibility index (Phi) is 4.02. The average molecular weight is 223 g/mol. The van der Waals surface area contributed by atoms with E-state index in [4.69, 9.17) is 9.15 Å². The van der Waals surface area contributed by atoms with Gasteiger partial charge in [-0.05, 0) is 37.8 Å². The predicted molar refractivity (Wildman–Crippen MR) is 63.3 cm³/mol. The number of hydrogen-bond acceptors (Lipinski definition) is 3. The molecule has 1 N–H and O–H groups in total. The lowest BCUT2D eigenvalue weighted by atomic mass is 10.0. The Hall–Kier alpha value is -0.800. The highest BCUT2D eigenvalue weighted by Crippen LogP contribution is 2.22. The van der Waals surface area contributed by atoms with Crippen LogP contribution in [0.2, 0.25) is 0 Å². The molecular weight excluding hydrogens is 202 g/mol. The van der Waals surface area contributed by atoms with Crippen molar-refractivity contribution in [3.05, 3.63) is 24.2 Å².